The molecule has 0 aliphatic rings. The van der Waals surface area contributed by atoms with Gasteiger partial charge in [-0.3, -0.25) is 19.4 Å². The molecule has 0 fully saturated rings. The van der Waals surface area contributed by atoms with Crippen LogP contribution in [-0.4, -0.2) is 20.5 Å². The first-order chi connectivity index (χ1) is 6.65. The van der Waals surface area contributed by atoms with Gasteiger partial charge in [-0.1, -0.05) is 11.8 Å². The average Bonchev–Trinajstić information content (AvgIpc) is 2.14. The molecule has 0 radical (unpaired) electrons. The molecular formula is C8H9N3O2S. The molecule has 1 heterocycles. The van der Waals surface area contributed by atoms with E-state index in [4.69, 9.17) is 6.42 Å². The molecule has 0 unspecified atom stereocenters. The van der Waals surface area contributed by atoms with Crippen LogP contribution in [-0.2, 0) is 7.05 Å². The monoisotopic (exact) mass is 211 g/mol. The fourth-order valence-electron chi connectivity index (χ4n) is 0.791. The van der Waals surface area contributed by atoms with Gasteiger partial charge >= 0.3 is 11.1 Å². The van der Waals surface area contributed by atoms with Gasteiger partial charge in [-0.2, -0.15) is 4.98 Å². The summed E-state index contributed by atoms with van der Waals surface area (Å²) in [4.78, 5) is 25.3. The molecule has 74 valence electrons. The van der Waals surface area contributed by atoms with E-state index in [2.05, 4.69) is 16.0 Å². The molecule has 6 heteroatoms. The fraction of sp³-hybridized carbons (Fsp3) is 0.375. The molecular weight excluding hydrogens is 202 g/mol. The number of thioether (sulfide) groups is 1. The van der Waals surface area contributed by atoms with E-state index in [-0.39, 0.29) is 0 Å². The smallest absolute Gasteiger partial charge is 0.265 e. The van der Waals surface area contributed by atoms with Gasteiger partial charge in [-0.15, -0.1) is 12.3 Å². The highest BCUT2D eigenvalue weighted by molar-refractivity contribution is 7.99. The summed E-state index contributed by atoms with van der Waals surface area (Å²) in [5.74, 6) is 3.14. The molecule has 1 N–H and O–H groups in total. The Morgan fingerprint density at radius 3 is 3.00 bits per heavy atom. The maximum atomic E-state index is 10.9. The normalized spacial score (nSPS) is 9.71. The second-order valence-electron chi connectivity index (χ2n) is 2.50. The highest BCUT2D eigenvalue weighted by Gasteiger charge is 2.03. The molecule has 1 aromatic heterocycles. The quantitative estimate of drug-likeness (QED) is 0.319. The second-order valence-corrected chi connectivity index (χ2v) is 3.56. The number of hydrogen-bond donors (Lipinski definition) is 1. The van der Waals surface area contributed by atoms with Gasteiger partial charge in [0.2, 0.25) is 0 Å². The van der Waals surface area contributed by atoms with E-state index < -0.39 is 11.1 Å². The van der Waals surface area contributed by atoms with Gasteiger partial charge < -0.3 is 0 Å². The maximum Gasteiger partial charge on any atom is 0.339 e. The lowest BCUT2D eigenvalue weighted by Gasteiger charge is -2.03. The van der Waals surface area contributed by atoms with Crippen LogP contribution in [0.4, 0.5) is 0 Å². The molecule has 0 amide bonds. The molecule has 0 saturated heterocycles. The summed E-state index contributed by atoms with van der Waals surface area (Å²) in [6.45, 7) is 0. The van der Waals surface area contributed by atoms with Gasteiger partial charge in [-0.05, 0) is 0 Å². The molecule has 14 heavy (non-hydrogen) atoms. The van der Waals surface area contributed by atoms with Gasteiger partial charge in [-0.25, -0.2) is 0 Å². The third-order valence-electron chi connectivity index (χ3n) is 1.43. The zero-order valence-corrected chi connectivity index (χ0v) is 8.43. The first-order valence-corrected chi connectivity index (χ1v) is 4.87. The van der Waals surface area contributed by atoms with Gasteiger partial charge in [0.15, 0.2) is 5.16 Å². The third-order valence-corrected chi connectivity index (χ3v) is 2.46. The Labute approximate surface area is 84.5 Å². The number of hydrogen-bond acceptors (Lipinski definition) is 4. The Morgan fingerprint density at radius 1 is 1.64 bits per heavy atom. The number of aryl methyl sites for hydroxylation is 1. The van der Waals surface area contributed by atoms with Crippen molar-refractivity contribution in [3.8, 4) is 12.3 Å². The Balaban J connectivity index is 2.89. The van der Waals surface area contributed by atoms with Crippen LogP contribution in [0.5, 0.6) is 0 Å². The van der Waals surface area contributed by atoms with E-state index in [0.29, 0.717) is 17.3 Å². The van der Waals surface area contributed by atoms with Crippen LogP contribution in [0.15, 0.2) is 14.7 Å². The number of terminal acetylenes is 1. The van der Waals surface area contributed by atoms with Crippen LogP contribution in [0.2, 0.25) is 0 Å². The molecule has 0 aromatic carbocycles. The summed E-state index contributed by atoms with van der Waals surface area (Å²) in [6.07, 6.45) is 5.67. The molecule has 1 rings (SSSR count). The van der Waals surface area contributed by atoms with Crippen molar-refractivity contribution in [3.05, 3.63) is 20.7 Å². The number of nitrogens with one attached hydrogen (secondary N) is 1. The highest BCUT2D eigenvalue weighted by Crippen LogP contribution is 2.11. The minimum absolute atomic E-state index is 0.463. The maximum absolute atomic E-state index is 10.9. The fourth-order valence-corrected chi connectivity index (χ4v) is 1.58. The van der Waals surface area contributed by atoms with Crippen molar-refractivity contribution in [1.82, 2.24) is 14.8 Å². The van der Waals surface area contributed by atoms with E-state index in [9.17, 15) is 9.59 Å². The van der Waals surface area contributed by atoms with Crippen LogP contribution < -0.4 is 11.1 Å². The van der Waals surface area contributed by atoms with Crippen molar-refractivity contribution in [2.75, 3.05) is 5.75 Å². The minimum atomic E-state index is -0.772. The van der Waals surface area contributed by atoms with E-state index in [1.807, 2.05) is 0 Å². The van der Waals surface area contributed by atoms with Crippen molar-refractivity contribution in [2.24, 2.45) is 7.05 Å². The van der Waals surface area contributed by atoms with Gasteiger partial charge in [0.05, 0.1) is 0 Å². The topological polar surface area (TPSA) is 67.8 Å². The molecule has 1 aromatic rings. The Morgan fingerprint density at radius 2 is 2.36 bits per heavy atom. The van der Waals surface area contributed by atoms with Crippen molar-refractivity contribution in [2.45, 2.75) is 11.6 Å². The van der Waals surface area contributed by atoms with Crippen LogP contribution in [0.25, 0.3) is 0 Å². The van der Waals surface area contributed by atoms with Gasteiger partial charge in [0.25, 0.3) is 0 Å². The third kappa shape index (κ3) is 2.50. The first-order valence-electron chi connectivity index (χ1n) is 3.88. The molecule has 0 bridgehead atoms. The predicted molar refractivity (Wildman–Crippen MR) is 54.3 cm³/mol. The van der Waals surface area contributed by atoms with E-state index in [1.165, 1.54) is 16.4 Å². The average molecular weight is 211 g/mol. The minimum Gasteiger partial charge on any atom is -0.265 e. The predicted octanol–water partition coefficient (Wildman–Crippen LogP) is -0.416. The van der Waals surface area contributed by atoms with Crippen LogP contribution in [0.3, 0.4) is 0 Å². The van der Waals surface area contributed by atoms with Crippen molar-refractivity contribution < 1.29 is 0 Å². The molecule has 0 spiro atoms. The highest BCUT2D eigenvalue weighted by atomic mass is 32.2. The van der Waals surface area contributed by atoms with Crippen molar-refractivity contribution in [1.29, 1.82) is 0 Å². The van der Waals surface area contributed by atoms with E-state index >= 15 is 0 Å². The molecule has 0 aliphatic heterocycles. The van der Waals surface area contributed by atoms with Crippen molar-refractivity contribution in [3.63, 3.8) is 0 Å². The summed E-state index contributed by atoms with van der Waals surface area (Å²) in [5.41, 5.74) is -1.49. The molecule has 0 aliphatic carbocycles. The first kappa shape index (κ1) is 10.6. The number of aromatic nitrogens is 3. The lowest BCUT2D eigenvalue weighted by atomic mass is 10.5. The standard InChI is InChI=1S/C8H9N3O2S/c1-3-4-5-14-8-9-6(12)7(13)10-11(8)2/h1H,4-5H2,2H3,(H,10,13). The zero-order chi connectivity index (χ0) is 10.6. The van der Waals surface area contributed by atoms with E-state index in [1.54, 1.807) is 7.05 Å². The summed E-state index contributed by atoms with van der Waals surface area (Å²) in [7, 11) is 1.62. The molecule has 5 nitrogen and oxygen atoms in total. The SMILES string of the molecule is C#CCCSc1nc(=O)c(=O)[nH]n1C. The van der Waals surface area contributed by atoms with Gasteiger partial charge in [0.1, 0.15) is 0 Å². The summed E-state index contributed by atoms with van der Waals surface area (Å²) >= 11 is 1.33. The number of rotatable bonds is 3. The van der Waals surface area contributed by atoms with Crippen LogP contribution in [0, 0.1) is 12.3 Å². The van der Waals surface area contributed by atoms with Gasteiger partial charge in [0, 0.05) is 19.2 Å². The van der Waals surface area contributed by atoms with E-state index in [0.717, 1.165) is 0 Å². The summed E-state index contributed by atoms with van der Waals surface area (Å²) in [6, 6.07) is 0. The molecule has 0 saturated carbocycles. The lowest BCUT2D eigenvalue weighted by molar-refractivity contribution is 0.596. The molecule has 0 atom stereocenters. The Hall–Kier alpha value is -1.48. The van der Waals surface area contributed by atoms with Crippen molar-refractivity contribution >= 4 is 11.8 Å². The largest absolute Gasteiger partial charge is 0.339 e. The number of nitrogens with zero attached hydrogens (tertiary/aromatic N) is 2. The van der Waals surface area contributed by atoms with Crippen LogP contribution >= 0.6 is 11.8 Å². The number of aromatic amines is 1. The number of H-pyrrole nitrogens is 1. The Bertz CT molecular complexity index is 469. The summed E-state index contributed by atoms with van der Waals surface area (Å²) in [5, 5.41) is 2.81. The Kier molecular flexibility index (Phi) is 3.54. The second kappa shape index (κ2) is 4.67. The zero-order valence-electron chi connectivity index (χ0n) is 7.61. The van der Waals surface area contributed by atoms with Crippen LogP contribution in [0.1, 0.15) is 6.42 Å². The lowest BCUT2D eigenvalue weighted by Crippen LogP contribution is -2.33. The summed E-state index contributed by atoms with van der Waals surface area (Å²) < 4.78 is 1.41.